The van der Waals surface area contributed by atoms with E-state index in [4.69, 9.17) is 14.2 Å². The molecule has 0 radical (unpaired) electrons. The highest BCUT2D eigenvalue weighted by atomic mass is 19.4. The fraction of sp³-hybridized carbons (Fsp3) is 0.342. The minimum atomic E-state index is -4.66. The van der Waals surface area contributed by atoms with Crippen LogP contribution in [0, 0.1) is 6.92 Å². The second-order valence-corrected chi connectivity index (χ2v) is 12.8. The lowest BCUT2D eigenvalue weighted by molar-refractivity contribution is -0.137. The molecule has 1 aliphatic heterocycles. The van der Waals surface area contributed by atoms with Crippen molar-refractivity contribution in [3.63, 3.8) is 0 Å². The zero-order valence-corrected chi connectivity index (χ0v) is 27.2. The maximum absolute atomic E-state index is 14.9. The molecule has 0 bridgehead atoms. The monoisotopic (exact) mass is 646 g/mol. The van der Waals surface area contributed by atoms with Crippen molar-refractivity contribution in [2.75, 3.05) is 18.0 Å². The second kappa shape index (κ2) is 14.4. The van der Waals surface area contributed by atoms with Crippen molar-refractivity contribution in [1.82, 2.24) is 5.32 Å². The van der Waals surface area contributed by atoms with Crippen molar-refractivity contribution in [1.29, 1.82) is 0 Å². The number of nitrogens with one attached hydrogen (secondary N) is 1. The summed E-state index contributed by atoms with van der Waals surface area (Å²) in [5, 5.41) is 2.89. The molecule has 6 nitrogen and oxygen atoms in total. The van der Waals surface area contributed by atoms with Gasteiger partial charge >= 0.3 is 12.3 Å². The number of carbonyl (C=O) groups excluding carboxylic acids is 1. The first-order chi connectivity index (χ1) is 22.4. The van der Waals surface area contributed by atoms with Gasteiger partial charge in [0.2, 0.25) is 0 Å². The molecule has 4 aromatic rings. The van der Waals surface area contributed by atoms with E-state index in [0.29, 0.717) is 42.9 Å². The summed E-state index contributed by atoms with van der Waals surface area (Å²) in [6.45, 7) is 8.55. The summed E-state index contributed by atoms with van der Waals surface area (Å²) in [5.41, 5.74) is 1.91. The van der Waals surface area contributed by atoms with Crippen molar-refractivity contribution in [2.45, 2.75) is 71.6 Å². The Morgan fingerprint density at radius 2 is 1.38 bits per heavy atom. The highest BCUT2D eigenvalue weighted by Crippen LogP contribution is 2.46. The summed E-state index contributed by atoms with van der Waals surface area (Å²) in [6.07, 6.45) is -4.05. The SMILES string of the molecule is Cc1ccc(-c2c(OCc3ccccc3)cc(N3CCC(NC(=O)OC(C)(C)C)CC3)cc2C(F)(F)F)cc1OCc1ccccc1. The molecule has 1 saturated heterocycles. The molecule has 9 heteroatoms. The Labute approximate surface area is 274 Å². The van der Waals surface area contributed by atoms with Gasteiger partial charge in [-0.3, -0.25) is 0 Å². The van der Waals surface area contributed by atoms with Crippen molar-refractivity contribution in [2.24, 2.45) is 0 Å². The van der Waals surface area contributed by atoms with Gasteiger partial charge in [0.15, 0.2) is 0 Å². The summed E-state index contributed by atoms with van der Waals surface area (Å²) in [4.78, 5) is 14.2. The number of amides is 1. The zero-order valence-electron chi connectivity index (χ0n) is 27.2. The van der Waals surface area contributed by atoms with Crippen molar-refractivity contribution in [3.8, 4) is 22.6 Å². The van der Waals surface area contributed by atoms with E-state index in [0.717, 1.165) is 16.7 Å². The number of alkyl halides is 3. The predicted octanol–water partition coefficient (Wildman–Crippen LogP) is 9.33. The molecule has 1 N–H and O–H groups in total. The van der Waals surface area contributed by atoms with Gasteiger partial charge in [-0.15, -0.1) is 0 Å². The van der Waals surface area contributed by atoms with E-state index in [1.165, 1.54) is 6.07 Å². The van der Waals surface area contributed by atoms with Gasteiger partial charge in [0.25, 0.3) is 0 Å². The van der Waals surface area contributed by atoms with Crippen LogP contribution in [0.3, 0.4) is 0 Å². The first kappa shape index (κ1) is 33.7. The molecular formula is C38H41F3N2O4. The van der Waals surface area contributed by atoms with Crippen LogP contribution in [-0.4, -0.2) is 30.8 Å². The summed E-state index contributed by atoms with van der Waals surface area (Å²) in [7, 11) is 0. The number of anilines is 1. The Morgan fingerprint density at radius 3 is 1.94 bits per heavy atom. The number of hydrogen-bond donors (Lipinski definition) is 1. The van der Waals surface area contributed by atoms with E-state index in [1.807, 2.05) is 72.5 Å². The van der Waals surface area contributed by atoms with Gasteiger partial charge < -0.3 is 24.4 Å². The Kier molecular flexibility index (Phi) is 10.3. The highest BCUT2D eigenvalue weighted by molar-refractivity contribution is 5.79. The number of rotatable bonds is 9. The molecular weight excluding hydrogens is 605 g/mol. The van der Waals surface area contributed by atoms with Crippen LogP contribution in [-0.2, 0) is 24.1 Å². The fourth-order valence-electron chi connectivity index (χ4n) is 5.56. The number of alkyl carbamates (subject to hydrolysis) is 1. The van der Waals surface area contributed by atoms with Crippen LogP contribution in [0.5, 0.6) is 11.5 Å². The highest BCUT2D eigenvalue weighted by Gasteiger charge is 2.37. The topological polar surface area (TPSA) is 60.0 Å². The van der Waals surface area contributed by atoms with E-state index >= 15 is 0 Å². The number of benzene rings is 4. The van der Waals surface area contributed by atoms with Crippen LogP contribution < -0.4 is 19.7 Å². The molecule has 0 atom stereocenters. The van der Waals surface area contributed by atoms with Crippen molar-refractivity contribution in [3.05, 3.63) is 113 Å². The summed E-state index contributed by atoms with van der Waals surface area (Å²) >= 11 is 0. The lowest BCUT2D eigenvalue weighted by atomic mass is 9.95. The molecule has 0 saturated carbocycles. The molecule has 4 aromatic carbocycles. The van der Waals surface area contributed by atoms with Crippen LogP contribution in [0.1, 0.15) is 55.9 Å². The third kappa shape index (κ3) is 9.21. The van der Waals surface area contributed by atoms with Gasteiger partial charge in [0.1, 0.15) is 30.3 Å². The largest absolute Gasteiger partial charge is 0.489 e. The molecule has 1 fully saturated rings. The third-order valence-corrected chi connectivity index (χ3v) is 7.92. The van der Waals surface area contributed by atoms with E-state index in [1.54, 1.807) is 45.0 Å². The predicted molar refractivity (Wildman–Crippen MR) is 178 cm³/mol. The standard InChI is InChI=1S/C38H41F3N2O4/c1-26-15-16-29(21-33(26)45-24-27-11-7-5-8-12-27)35-32(38(39,40)41)22-31(23-34(35)46-25-28-13-9-6-10-14-28)43-19-17-30(18-20-43)42-36(44)47-37(2,3)4/h5-16,21-23,30H,17-20,24-25H2,1-4H3,(H,42,44). The molecule has 0 aliphatic carbocycles. The molecule has 0 spiro atoms. The van der Waals surface area contributed by atoms with E-state index in [-0.39, 0.29) is 30.6 Å². The lowest BCUT2D eigenvalue weighted by Crippen LogP contribution is -2.46. The number of carbonyl (C=O) groups is 1. The minimum absolute atomic E-state index is 0.0387. The summed E-state index contributed by atoms with van der Waals surface area (Å²) in [5.74, 6) is 0.627. The zero-order chi connectivity index (χ0) is 33.6. The Morgan fingerprint density at radius 1 is 0.809 bits per heavy atom. The van der Waals surface area contributed by atoms with Gasteiger partial charge in [-0.1, -0.05) is 72.8 Å². The van der Waals surface area contributed by atoms with Gasteiger partial charge in [-0.2, -0.15) is 13.2 Å². The molecule has 248 valence electrons. The Hall–Kier alpha value is -4.66. The number of ether oxygens (including phenoxy) is 3. The number of halogens is 3. The summed E-state index contributed by atoms with van der Waals surface area (Å²) < 4.78 is 62.5. The van der Waals surface area contributed by atoms with Crippen molar-refractivity contribution < 1.29 is 32.2 Å². The minimum Gasteiger partial charge on any atom is -0.489 e. The maximum Gasteiger partial charge on any atom is 0.417 e. The van der Waals surface area contributed by atoms with E-state index < -0.39 is 23.4 Å². The second-order valence-electron chi connectivity index (χ2n) is 12.8. The molecule has 0 aromatic heterocycles. The van der Waals surface area contributed by atoms with Crippen LogP contribution in [0.4, 0.5) is 23.7 Å². The summed E-state index contributed by atoms with van der Waals surface area (Å²) in [6, 6.07) is 26.8. The average Bonchev–Trinajstić information content (AvgIpc) is 3.03. The number of nitrogens with zero attached hydrogens (tertiary/aromatic N) is 1. The molecule has 1 amide bonds. The first-order valence-electron chi connectivity index (χ1n) is 15.8. The van der Waals surface area contributed by atoms with E-state index in [9.17, 15) is 18.0 Å². The van der Waals surface area contributed by atoms with Gasteiger partial charge in [0.05, 0.1) is 5.56 Å². The molecule has 0 unspecified atom stereocenters. The van der Waals surface area contributed by atoms with Gasteiger partial charge in [-0.25, -0.2) is 4.79 Å². The molecule has 1 heterocycles. The van der Waals surface area contributed by atoms with Gasteiger partial charge in [0, 0.05) is 36.4 Å². The maximum atomic E-state index is 14.9. The van der Waals surface area contributed by atoms with Gasteiger partial charge in [-0.05, 0) is 74.9 Å². The van der Waals surface area contributed by atoms with Crippen LogP contribution >= 0.6 is 0 Å². The number of aryl methyl sites for hydroxylation is 1. The fourth-order valence-corrected chi connectivity index (χ4v) is 5.56. The number of piperidine rings is 1. The van der Waals surface area contributed by atoms with Crippen LogP contribution in [0.15, 0.2) is 91.0 Å². The molecule has 1 aliphatic rings. The third-order valence-electron chi connectivity index (χ3n) is 7.92. The average molecular weight is 647 g/mol. The quantitative estimate of drug-likeness (QED) is 0.196. The number of hydrogen-bond acceptors (Lipinski definition) is 5. The molecule has 47 heavy (non-hydrogen) atoms. The normalized spacial score (nSPS) is 14.1. The Balaban J connectivity index is 1.47. The Bertz CT molecular complexity index is 1650. The lowest BCUT2D eigenvalue weighted by Gasteiger charge is -2.35. The first-order valence-corrected chi connectivity index (χ1v) is 15.8. The van der Waals surface area contributed by atoms with Crippen LogP contribution in [0.2, 0.25) is 0 Å². The van der Waals surface area contributed by atoms with Crippen molar-refractivity contribution >= 4 is 11.8 Å². The smallest absolute Gasteiger partial charge is 0.417 e. The van der Waals surface area contributed by atoms with E-state index in [2.05, 4.69) is 5.32 Å². The molecule has 5 rings (SSSR count). The van der Waals surface area contributed by atoms with Crippen LogP contribution in [0.25, 0.3) is 11.1 Å².